The average molecular weight is 271 g/mol. The van der Waals surface area contributed by atoms with Crippen LogP contribution in [0.4, 0.5) is 13.2 Å². The molecule has 0 aliphatic heterocycles. The lowest BCUT2D eigenvalue weighted by Crippen LogP contribution is -2.06. The summed E-state index contributed by atoms with van der Waals surface area (Å²) in [5.74, 6) is 0.0172. The van der Waals surface area contributed by atoms with Crippen molar-refractivity contribution in [2.45, 2.75) is 19.0 Å². The summed E-state index contributed by atoms with van der Waals surface area (Å²) in [6.07, 6.45) is -4.36. The average Bonchev–Trinajstić information content (AvgIpc) is 2.45. The number of hydrogen-bond donors (Lipinski definition) is 0. The Labute approximate surface area is 88.2 Å². The molecule has 0 amide bonds. The fourth-order valence-corrected chi connectivity index (χ4v) is 1.49. The van der Waals surface area contributed by atoms with Crippen LogP contribution in [-0.2, 0) is 13.2 Å². The third-order valence-corrected chi connectivity index (χ3v) is 2.91. The lowest BCUT2D eigenvalue weighted by atomic mass is 10.1. The zero-order valence-electron chi connectivity index (χ0n) is 7.77. The molecule has 1 unspecified atom stereocenters. The van der Waals surface area contributed by atoms with E-state index in [2.05, 4.69) is 21.0 Å². The third-order valence-electron chi connectivity index (χ3n) is 1.94. The summed E-state index contributed by atoms with van der Waals surface area (Å²) in [6.45, 7) is 1.84. The lowest BCUT2D eigenvalue weighted by molar-refractivity contribution is -0.141. The maximum Gasteiger partial charge on any atom is 0.435 e. The van der Waals surface area contributed by atoms with Gasteiger partial charge >= 0.3 is 6.18 Å². The van der Waals surface area contributed by atoms with Crippen LogP contribution in [0, 0.1) is 0 Å². The van der Waals surface area contributed by atoms with Gasteiger partial charge in [-0.2, -0.15) is 18.3 Å². The normalized spacial score (nSPS) is 14.4. The fraction of sp³-hybridized carbons (Fsp3) is 0.625. The molecule has 0 radical (unpaired) electrons. The van der Waals surface area contributed by atoms with Gasteiger partial charge in [0.1, 0.15) is 0 Å². The zero-order valence-corrected chi connectivity index (χ0v) is 9.35. The summed E-state index contributed by atoms with van der Waals surface area (Å²) >= 11 is 3.22. The molecule has 0 aliphatic rings. The first-order chi connectivity index (χ1) is 6.36. The highest BCUT2D eigenvalue weighted by Crippen LogP contribution is 2.30. The fourth-order valence-electron chi connectivity index (χ4n) is 1.16. The lowest BCUT2D eigenvalue weighted by Gasteiger charge is -2.06. The Balaban J connectivity index is 3.05. The minimum atomic E-state index is -4.36. The van der Waals surface area contributed by atoms with Crippen molar-refractivity contribution in [3.05, 3.63) is 17.5 Å². The molecule has 14 heavy (non-hydrogen) atoms. The molecule has 1 rings (SSSR count). The first-order valence-electron chi connectivity index (χ1n) is 4.03. The van der Waals surface area contributed by atoms with E-state index in [0.29, 0.717) is 11.0 Å². The van der Waals surface area contributed by atoms with E-state index >= 15 is 0 Å². The molecule has 0 aromatic carbocycles. The van der Waals surface area contributed by atoms with Crippen LogP contribution in [0.1, 0.15) is 24.2 Å². The molecule has 2 nitrogen and oxygen atoms in total. The molecule has 1 aromatic heterocycles. The van der Waals surface area contributed by atoms with Gasteiger partial charge in [0, 0.05) is 24.0 Å². The molecule has 1 heterocycles. The van der Waals surface area contributed by atoms with Crippen LogP contribution in [0.15, 0.2) is 6.07 Å². The van der Waals surface area contributed by atoms with Crippen molar-refractivity contribution in [3.63, 3.8) is 0 Å². The number of aromatic nitrogens is 2. The molecule has 0 fully saturated rings. The van der Waals surface area contributed by atoms with Gasteiger partial charge in [-0.25, -0.2) is 0 Å². The maximum absolute atomic E-state index is 12.3. The smallest absolute Gasteiger partial charge is 0.272 e. The summed E-state index contributed by atoms with van der Waals surface area (Å²) in [5.41, 5.74) is -0.253. The van der Waals surface area contributed by atoms with E-state index in [0.717, 1.165) is 6.07 Å². The topological polar surface area (TPSA) is 17.8 Å². The van der Waals surface area contributed by atoms with Crippen LogP contribution in [0.3, 0.4) is 0 Å². The molecule has 0 saturated carbocycles. The Morgan fingerprint density at radius 1 is 1.57 bits per heavy atom. The molecule has 0 N–H and O–H groups in total. The summed E-state index contributed by atoms with van der Waals surface area (Å²) < 4.78 is 38.1. The van der Waals surface area contributed by atoms with Crippen molar-refractivity contribution in [2.75, 3.05) is 5.33 Å². The predicted molar refractivity (Wildman–Crippen MR) is 50.4 cm³/mol. The number of hydrogen-bond acceptors (Lipinski definition) is 1. The summed E-state index contributed by atoms with van der Waals surface area (Å²) in [4.78, 5) is 0. The van der Waals surface area contributed by atoms with E-state index in [1.807, 2.05) is 6.92 Å². The molecule has 0 saturated heterocycles. The predicted octanol–water partition coefficient (Wildman–Crippen LogP) is 2.94. The molecular formula is C8H10BrF3N2. The van der Waals surface area contributed by atoms with Gasteiger partial charge < -0.3 is 0 Å². The van der Waals surface area contributed by atoms with E-state index in [4.69, 9.17) is 0 Å². The number of aryl methyl sites for hydroxylation is 1. The Morgan fingerprint density at radius 3 is 2.50 bits per heavy atom. The van der Waals surface area contributed by atoms with Crippen molar-refractivity contribution < 1.29 is 13.2 Å². The van der Waals surface area contributed by atoms with Crippen molar-refractivity contribution >= 4 is 15.9 Å². The van der Waals surface area contributed by atoms with Gasteiger partial charge in [0.15, 0.2) is 5.69 Å². The second kappa shape index (κ2) is 3.92. The van der Waals surface area contributed by atoms with Gasteiger partial charge in [0.05, 0.1) is 0 Å². The van der Waals surface area contributed by atoms with Crippen LogP contribution in [0.5, 0.6) is 0 Å². The molecule has 80 valence electrons. The first kappa shape index (κ1) is 11.6. The largest absolute Gasteiger partial charge is 0.435 e. The SMILES string of the molecule is CC(CBr)c1cc(C(F)(F)F)nn1C. The number of rotatable bonds is 2. The van der Waals surface area contributed by atoms with Gasteiger partial charge in [-0.15, -0.1) is 0 Å². The van der Waals surface area contributed by atoms with Crippen LogP contribution < -0.4 is 0 Å². The molecular weight excluding hydrogens is 261 g/mol. The van der Waals surface area contributed by atoms with Crippen molar-refractivity contribution in [2.24, 2.45) is 7.05 Å². The second-order valence-electron chi connectivity index (χ2n) is 3.13. The van der Waals surface area contributed by atoms with Crippen LogP contribution >= 0.6 is 15.9 Å². The summed E-state index contributed by atoms with van der Waals surface area (Å²) in [6, 6.07) is 1.09. The standard InChI is InChI=1S/C8H10BrF3N2/c1-5(4-9)6-3-7(8(10,11)12)13-14(6)2/h3,5H,4H2,1-2H3. The van der Waals surface area contributed by atoms with Crippen molar-refractivity contribution in [3.8, 4) is 0 Å². The Kier molecular flexibility index (Phi) is 3.24. The number of alkyl halides is 4. The van der Waals surface area contributed by atoms with E-state index in [-0.39, 0.29) is 5.92 Å². The monoisotopic (exact) mass is 270 g/mol. The Hall–Kier alpha value is -0.520. The van der Waals surface area contributed by atoms with E-state index in [9.17, 15) is 13.2 Å². The molecule has 0 aliphatic carbocycles. The van der Waals surface area contributed by atoms with E-state index in [1.54, 1.807) is 0 Å². The Morgan fingerprint density at radius 2 is 2.14 bits per heavy atom. The Bertz CT molecular complexity index is 319. The quantitative estimate of drug-likeness (QED) is 0.756. The first-order valence-corrected chi connectivity index (χ1v) is 5.15. The maximum atomic E-state index is 12.3. The summed E-state index contributed by atoms with van der Waals surface area (Å²) in [5, 5.41) is 4.04. The molecule has 1 atom stereocenters. The highest BCUT2D eigenvalue weighted by Gasteiger charge is 2.34. The van der Waals surface area contributed by atoms with Gasteiger partial charge in [-0.1, -0.05) is 22.9 Å². The zero-order chi connectivity index (χ0) is 10.9. The molecule has 0 bridgehead atoms. The van der Waals surface area contributed by atoms with E-state index in [1.165, 1.54) is 11.7 Å². The van der Waals surface area contributed by atoms with Crippen LogP contribution in [-0.4, -0.2) is 15.1 Å². The van der Waals surface area contributed by atoms with Crippen LogP contribution in [0.2, 0.25) is 0 Å². The van der Waals surface area contributed by atoms with Crippen molar-refractivity contribution in [1.82, 2.24) is 9.78 Å². The third kappa shape index (κ3) is 2.29. The van der Waals surface area contributed by atoms with Gasteiger partial charge in [-0.05, 0) is 6.07 Å². The minimum absolute atomic E-state index is 0.0172. The molecule has 1 aromatic rings. The molecule has 6 heteroatoms. The van der Waals surface area contributed by atoms with Gasteiger partial charge in [-0.3, -0.25) is 4.68 Å². The second-order valence-corrected chi connectivity index (χ2v) is 3.78. The van der Waals surface area contributed by atoms with Gasteiger partial charge in [0.25, 0.3) is 0 Å². The van der Waals surface area contributed by atoms with Crippen molar-refractivity contribution in [1.29, 1.82) is 0 Å². The van der Waals surface area contributed by atoms with Crippen LogP contribution in [0.25, 0.3) is 0 Å². The highest BCUT2D eigenvalue weighted by atomic mass is 79.9. The highest BCUT2D eigenvalue weighted by molar-refractivity contribution is 9.09. The van der Waals surface area contributed by atoms with Gasteiger partial charge in [0.2, 0.25) is 0 Å². The number of nitrogens with zero attached hydrogens (tertiary/aromatic N) is 2. The van der Waals surface area contributed by atoms with E-state index < -0.39 is 11.9 Å². The number of halogens is 4. The summed E-state index contributed by atoms with van der Waals surface area (Å²) in [7, 11) is 1.52. The molecule has 0 spiro atoms. The minimum Gasteiger partial charge on any atom is -0.272 e.